The zero-order chi connectivity index (χ0) is 20.0. The van der Waals surface area contributed by atoms with Crippen molar-refractivity contribution in [3.63, 3.8) is 0 Å². The van der Waals surface area contributed by atoms with E-state index >= 15 is 0 Å². The van der Waals surface area contributed by atoms with E-state index in [-0.39, 0.29) is 23.7 Å². The van der Waals surface area contributed by atoms with Gasteiger partial charge in [0, 0.05) is 32.7 Å². The minimum atomic E-state index is -0.773. The molecule has 5 rings (SSSR count). The van der Waals surface area contributed by atoms with Crippen LogP contribution in [0.5, 0.6) is 0 Å². The molecular weight excluding hydrogens is 364 g/mol. The topological polar surface area (TPSA) is 60.9 Å². The number of rotatable bonds is 4. The molecule has 3 aliphatic rings. The third-order valence-electron chi connectivity index (χ3n) is 7.44. The number of carbonyl (C=O) groups is 2. The van der Waals surface area contributed by atoms with E-state index in [1.807, 2.05) is 4.90 Å². The molecule has 3 fully saturated rings. The van der Waals surface area contributed by atoms with E-state index < -0.39 is 11.9 Å². The van der Waals surface area contributed by atoms with Gasteiger partial charge in [0.15, 0.2) is 0 Å². The molecule has 2 aromatic rings. The Bertz CT molecular complexity index is 929. The van der Waals surface area contributed by atoms with Crippen molar-refractivity contribution >= 4 is 22.6 Å². The van der Waals surface area contributed by atoms with Gasteiger partial charge in [-0.1, -0.05) is 42.5 Å². The normalized spacial score (nSPS) is 29.4. The number of hydrogen-bond donors (Lipinski definition) is 1. The van der Waals surface area contributed by atoms with Gasteiger partial charge in [-0.3, -0.25) is 14.5 Å². The monoisotopic (exact) mass is 392 g/mol. The van der Waals surface area contributed by atoms with Gasteiger partial charge in [0.25, 0.3) is 0 Å². The molecule has 152 valence electrons. The number of amides is 1. The van der Waals surface area contributed by atoms with Gasteiger partial charge in [-0.15, -0.1) is 0 Å². The molecule has 0 aromatic heterocycles. The number of carbonyl (C=O) groups excluding carboxylic acids is 1. The summed E-state index contributed by atoms with van der Waals surface area (Å²) in [5.41, 5.74) is 1.32. The maximum atomic E-state index is 13.2. The lowest BCUT2D eigenvalue weighted by Crippen LogP contribution is -2.52. The molecule has 5 nitrogen and oxygen atoms in total. The van der Waals surface area contributed by atoms with Gasteiger partial charge in [0.1, 0.15) is 0 Å². The Morgan fingerprint density at radius 3 is 2.34 bits per heavy atom. The SMILES string of the molecule is O=C(O)[C@H]1[C@H]2CC[C@@H](C2)[C@@H]1C(=O)N1CCN(Cc2cccc3ccccc23)CC1. The van der Waals surface area contributed by atoms with Gasteiger partial charge in [-0.05, 0) is 47.4 Å². The van der Waals surface area contributed by atoms with Crippen LogP contribution in [-0.4, -0.2) is 53.0 Å². The lowest BCUT2D eigenvalue weighted by molar-refractivity contribution is -0.153. The van der Waals surface area contributed by atoms with E-state index in [0.29, 0.717) is 13.1 Å². The summed E-state index contributed by atoms with van der Waals surface area (Å²) >= 11 is 0. The first-order chi connectivity index (χ1) is 14.1. The Labute approximate surface area is 171 Å². The quantitative estimate of drug-likeness (QED) is 0.868. The van der Waals surface area contributed by atoms with Crippen molar-refractivity contribution < 1.29 is 14.7 Å². The van der Waals surface area contributed by atoms with Gasteiger partial charge in [-0.25, -0.2) is 0 Å². The number of piperazine rings is 1. The fraction of sp³-hybridized carbons (Fsp3) is 0.500. The number of nitrogens with zero attached hydrogens (tertiary/aromatic N) is 2. The molecular formula is C24H28N2O3. The standard InChI is InChI=1S/C24H28N2O3/c27-23(21-17-8-9-18(14-17)22(21)24(28)29)26-12-10-25(11-13-26)15-19-6-3-5-16-4-1-2-7-20(16)19/h1-7,17-18,21-22H,8-15H2,(H,28,29)/t17-,18-,21-,22-/m0/s1. The number of benzene rings is 2. The second-order valence-electron chi connectivity index (χ2n) is 8.96. The van der Waals surface area contributed by atoms with E-state index in [2.05, 4.69) is 47.4 Å². The third-order valence-corrected chi connectivity index (χ3v) is 7.44. The van der Waals surface area contributed by atoms with Crippen molar-refractivity contribution in [2.45, 2.75) is 25.8 Å². The number of carboxylic acids is 1. The highest BCUT2D eigenvalue weighted by atomic mass is 16.4. The largest absolute Gasteiger partial charge is 0.481 e. The van der Waals surface area contributed by atoms with Crippen LogP contribution in [0, 0.1) is 23.7 Å². The maximum Gasteiger partial charge on any atom is 0.307 e. The van der Waals surface area contributed by atoms with Gasteiger partial charge in [0.2, 0.25) is 5.91 Å². The highest BCUT2D eigenvalue weighted by molar-refractivity contribution is 5.87. The van der Waals surface area contributed by atoms with Crippen molar-refractivity contribution in [3.05, 3.63) is 48.0 Å². The molecule has 2 aromatic carbocycles. The van der Waals surface area contributed by atoms with Gasteiger partial charge in [-0.2, -0.15) is 0 Å². The van der Waals surface area contributed by atoms with E-state index in [4.69, 9.17) is 0 Å². The van der Waals surface area contributed by atoms with Crippen LogP contribution in [-0.2, 0) is 16.1 Å². The molecule has 1 aliphatic heterocycles. The first kappa shape index (κ1) is 18.6. The van der Waals surface area contributed by atoms with Crippen LogP contribution in [0.4, 0.5) is 0 Å². The fourth-order valence-electron chi connectivity index (χ4n) is 6.01. The molecule has 0 radical (unpaired) electrons. The minimum Gasteiger partial charge on any atom is -0.481 e. The summed E-state index contributed by atoms with van der Waals surface area (Å²) in [6, 6.07) is 14.9. The molecule has 5 heteroatoms. The number of fused-ring (bicyclic) bond motifs is 3. The molecule has 1 N–H and O–H groups in total. The Balaban J connectivity index is 1.24. The van der Waals surface area contributed by atoms with Crippen molar-refractivity contribution in [3.8, 4) is 0 Å². The number of aliphatic carboxylic acids is 1. The van der Waals surface area contributed by atoms with Gasteiger partial charge < -0.3 is 10.0 Å². The Morgan fingerprint density at radius 2 is 1.59 bits per heavy atom. The molecule has 1 heterocycles. The first-order valence-corrected chi connectivity index (χ1v) is 10.8. The molecule has 4 atom stereocenters. The summed E-state index contributed by atoms with van der Waals surface area (Å²) < 4.78 is 0. The van der Waals surface area contributed by atoms with Crippen molar-refractivity contribution in [1.82, 2.24) is 9.80 Å². The predicted molar refractivity (Wildman–Crippen MR) is 111 cm³/mol. The van der Waals surface area contributed by atoms with Crippen molar-refractivity contribution in [1.29, 1.82) is 0 Å². The average molecular weight is 392 g/mol. The van der Waals surface area contributed by atoms with E-state index in [1.165, 1.54) is 16.3 Å². The van der Waals surface area contributed by atoms with E-state index in [0.717, 1.165) is 38.9 Å². The maximum absolute atomic E-state index is 13.2. The molecule has 2 saturated carbocycles. The Kier molecular flexibility index (Phi) is 4.78. The first-order valence-electron chi connectivity index (χ1n) is 10.8. The smallest absolute Gasteiger partial charge is 0.307 e. The van der Waals surface area contributed by atoms with Crippen molar-refractivity contribution in [2.75, 3.05) is 26.2 Å². The predicted octanol–water partition coefficient (Wildman–Crippen LogP) is 3.23. The van der Waals surface area contributed by atoms with Crippen molar-refractivity contribution in [2.24, 2.45) is 23.7 Å². The molecule has 1 amide bonds. The Hall–Kier alpha value is -2.40. The zero-order valence-corrected chi connectivity index (χ0v) is 16.7. The third kappa shape index (κ3) is 3.31. The van der Waals surface area contributed by atoms with Crippen LogP contribution >= 0.6 is 0 Å². The Morgan fingerprint density at radius 1 is 0.897 bits per heavy atom. The molecule has 2 bridgehead atoms. The summed E-state index contributed by atoms with van der Waals surface area (Å²) in [7, 11) is 0. The minimum absolute atomic E-state index is 0.0920. The molecule has 29 heavy (non-hydrogen) atoms. The summed E-state index contributed by atoms with van der Waals surface area (Å²) in [4.78, 5) is 29.3. The van der Waals surface area contributed by atoms with Gasteiger partial charge in [0.05, 0.1) is 11.8 Å². The lowest BCUT2D eigenvalue weighted by atomic mass is 9.78. The molecule has 0 unspecified atom stereocenters. The highest BCUT2D eigenvalue weighted by Gasteiger charge is 2.54. The molecule has 2 aliphatic carbocycles. The van der Waals surface area contributed by atoms with Crippen LogP contribution in [0.3, 0.4) is 0 Å². The average Bonchev–Trinajstić information content (AvgIpc) is 3.36. The van der Waals surface area contributed by atoms with Crippen LogP contribution in [0.2, 0.25) is 0 Å². The second-order valence-corrected chi connectivity index (χ2v) is 8.96. The lowest BCUT2D eigenvalue weighted by Gasteiger charge is -2.38. The van der Waals surface area contributed by atoms with Crippen LogP contribution < -0.4 is 0 Å². The summed E-state index contributed by atoms with van der Waals surface area (Å²) in [6.07, 6.45) is 2.92. The summed E-state index contributed by atoms with van der Waals surface area (Å²) in [6.45, 7) is 3.96. The second kappa shape index (κ2) is 7.45. The summed E-state index contributed by atoms with van der Waals surface area (Å²) in [5, 5.41) is 12.2. The van der Waals surface area contributed by atoms with E-state index in [1.54, 1.807) is 0 Å². The molecule has 1 saturated heterocycles. The molecule has 0 spiro atoms. The van der Waals surface area contributed by atoms with Crippen LogP contribution in [0.25, 0.3) is 10.8 Å². The fourth-order valence-corrected chi connectivity index (χ4v) is 6.01. The summed E-state index contributed by atoms with van der Waals surface area (Å²) in [5.74, 6) is -0.952. The van der Waals surface area contributed by atoms with Gasteiger partial charge >= 0.3 is 5.97 Å². The van der Waals surface area contributed by atoms with Crippen LogP contribution in [0.15, 0.2) is 42.5 Å². The zero-order valence-electron chi connectivity index (χ0n) is 16.7. The van der Waals surface area contributed by atoms with E-state index in [9.17, 15) is 14.7 Å². The number of hydrogen-bond acceptors (Lipinski definition) is 3. The van der Waals surface area contributed by atoms with Crippen LogP contribution in [0.1, 0.15) is 24.8 Å². The number of carboxylic acid groups (broad SMARTS) is 1. The highest BCUT2D eigenvalue weighted by Crippen LogP contribution is 2.53.